The second-order valence-electron chi connectivity index (χ2n) is 4.62. The van der Waals surface area contributed by atoms with E-state index in [1.807, 2.05) is 0 Å². The second-order valence-corrected chi connectivity index (χ2v) is 6.61. The fourth-order valence-corrected chi connectivity index (χ4v) is 2.43. The van der Waals surface area contributed by atoms with E-state index < -0.39 is 9.84 Å². The van der Waals surface area contributed by atoms with E-state index in [0.29, 0.717) is 13.1 Å². The molecule has 0 aromatic carbocycles. The minimum atomic E-state index is -3.52. The summed E-state index contributed by atoms with van der Waals surface area (Å²) in [6, 6.07) is 0. The Labute approximate surface area is 118 Å². The summed E-state index contributed by atoms with van der Waals surface area (Å²) >= 11 is 0. The second kappa shape index (κ2) is 9.89. The van der Waals surface area contributed by atoms with Crippen molar-refractivity contribution in [2.45, 2.75) is 52.4 Å². The van der Waals surface area contributed by atoms with E-state index in [0.717, 1.165) is 38.5 Å². The summed E-state index contributed by atoms with van der Waals surface area (Å²) in [6.45, 7) is 12.7. The summed E-state index contributed by atoms with van der Waals surface area (Å²) in [5, 5.41) is 5.79. The van der Waals surface area contributed by atoms with Gasteiger partial charge in [-0.15, -0.1) is 0 Å². The van der Waals surface area contributed by atoms with Gasteiger partial charge in [-0.2, -0.15) is 0 Å². The van der Waals surface area contributed by atoms with E-state index in [1.54, 1.807) is 0 Å². The average Bonchev–Trinajstić information content (AvgIpc) is 2.39. The molecule has 0 aromatic heterocycles. The van der Waals surface area contributed by atoms with Crippen LogP contribution in [-0.2, 0) is 9.84 Å². The topological polar surface area (TPSA) is 58.2 Å². The summed E-state index contributed by atoms with van der Waals surface area (Å²) in [4.78, 5) is 0. The Morgan fingerprint density at radius 1 is 0.842 bits per heavy atom. The van der Waals surface area contributed by atoms with Gasteiger partial charge in [0.15, 0.2) is 0 Å². The van der Waals surface area contributed by atoms with E-state index in [9.17, 15) is 8.42 Å². The van der Waals surface area contributed by atoms with Crippen LogP contribution in [0.3, 0.4) is 0 Å². The van der Waals surface area contributed by atoms with E-state index in [1.165, 1.54) is 0 Å². The van der Waals surface area contributed by atoms with Crippen molar-refractivity contribution in [3.05, 3.63) is 23.2 Å². The lowest BCUT2D eigenvalue weighted by molar-refractivity contribution is 0.593. The summed E-state index contributed by atoms with van der Waals surface area (Å²) in [7, 11) is -3.52. The number of hydrogen-bond acceptors (Lipinski definition) is 4. The molecule has 0 saturated heterocycles. The van der Waals surface area contributed by atoms with Crippen LogP contribution in [0.4, 0.5) is 0 Å². The zero-order chi connectivity index (χ0) is 14.7. The summed E-state index contributed by atoms with van der Waals surface area (Å²) in [5.74, 6) is 0. The molecule has 0 spiro atoms. The average molecular weight is 288 g/mol. The van der Waals surface area contributed by atoms with Crippen molar-refractivity contribution in [1.82, 2.24) is 10.6 Å². The van der Waals surface area contributed by atoms with Crippen LogP contribution in [-0.4, -0.2) is 21.5 Å². The Kier molecular flexibility index (Phi) is 9.39. The van der Waals surface area contributed by atoms with Gasteiger partial charge in [-0.25, -0.2) is 8.42 Å². The molecule has 19 heavy (non-hydrogen) atoms. The maximum absolute atomic E-state index is 12.0. The number of rotatable bonds is 12. The van der Waals surface area contributed by atoms with E-state index in [-0.39, 0.29) is 10.1 Å². The molecule has 0 aliphatic carbocycles. The van der Waals surface area contributed by atoms with Crippen molar-refractivity contribution in [3.8, 4) is 0 Å². The highest BCUT2D eigenvalue weighted by atomic mass is 32.2. The Morgan fingerprint density at radius 2 is 1.21 bits per heavy atom. The lowest BCUT2D eigenvalue weighted by Gasteiger charge is -2.13. The Balaban J connectivity index is 4.12. The largest absolute Gasteiger partial charge is 0.376 e. The van der Waals surface area contributed by atoms with Crippen LogP contribution in [0.1, 0.15) is 52.4 Å². The number of hydrogen-bond donors (Lipinski definition) is 2. The molecule has 0 heterocycles. The number of unbranched alkanes of at least 4 members (excludes halogenated alkanes) is 4. The van der Waals surface area contributed by atoms with Gasteiger partial charge >= 0.3 is 0 Å². The number of sulfone groups is 1. The van der Waals surface area contributed by atoms with Gasteiger partial charge in [-0.1, -0.05) is 52.7 Å². The lowest BCUT2D eigenvalue weighted by atomic mass is 10.2. The SMILES string of the molecule is C=C(NCCCCC)S(=O)(=O)C(=C)NCCCCC. The zero-order valence-corrected chi connectivity index (χ0v) is 13.1. The molecule has 2 N–H and O–H groups in total. The first-order valence-electron chi connectivity index (χ1n) is 7.07. The molecule has 0 aromatic rings. The monoisotopic (exact) mass is 288 g/mol. The van der Waals surface area contributed by atoms with Gasteiger partial charge in [0, 0.05) is 13.1 Å². The van der Waals surface area contributed by atoms with Gasteiger partial charge in [0.05, 0.1) is 0 Å². The molecule has 112 valence electrons. The highest BCUT2D eigenvalue weighted by molar-refractivity contribution is 7.98. The fraction of sp³-hybridized carbons (Fsp3) is 0.714. The molecule has 0 amide bonds. The molecule has 4 nitrogen and oxygen atoms in total. The first-order valence-corrected chi connectivity index (χ1v) is 8.55. The third kappa shape index (κ3) is 7.25. The van der Waals surface area contributed by atoms with Gasteiger partial charge in [0.25, 0.3) is 0 Å². The van der Waals surface area contributed by atoms with E-state index >= 15 is 0 Å². The molecule has 0 radical (unpaired) electrons. The van der Waals surface area contributed by atoms with Crippen LogP contribution in [0.2, 0.25) is 0 Å². The van der Waals surface area contributed by atoms with E-state index in [2.05, 4.69) is 37.6 Å². The Bertz CT molecular complexity index is 345. The minimum Gasteiger partial charge on any atom is -0.376 e. The molecule has 0 saturated carbocycles. The van der Waals surface area contributed by atoms with Gasteiger partial charge in [0.1, 0.15) is 10.1 Å². The first-order chi connectivity index (χ1) is 8.96. The molecule has 5 heteroatoms. The molecule has 0 rings (SSSR count). The first kappa shape index (κ1) is 18.0. The Morgan fingerprint density at radius 3 is 1.53 bits per heavy atom. The smallest absolute Gasteiger partial charge is 0.235 e. The van der Waals surface area contributed by atoms with Crippen LogP contribution >= 0.6 is 0 Å². The maximum Gasteiger partial charge on any atom is 0.235 e. The van der Waals surface area contributed by atoms with Gasteiger partial charge in [0.2, 0.25) is 9.84 Å². The summed E-state index contributed by atoms with van der Waals surface area (Å²) in [6.07, 6.45) is 6.26. The van der Waals surface area contributed by atoms with Crippen molar-refractivity contribution < 1.29 is 8.42 Å². The third-order valence-corrected chi connectivity index (χ3v) is 4.44. The zero-order valence-electron chi connectivity index (χ0n) is 12.3. The lowest BCUT2D eigenvalue weighted by Crippen LogP contribution is -2.27. The molecule has 0 fully saturated rings. The highest BCUT2D eigenvalue weighted by Gasteiger charge is 2.19. The van der Waals surface area contributed by atoms with Crippen LogP contribution in [0, 0.1) is 0 Å². The van der Waals surface area contributed by atoms with Crippen molar-refractivity contribution in [2.75, 3.05) is 13.1 Å². The van der Waals surface area contributed by atoms with Crippen LogP contribution in [0.5, 0.6) is 0 Å². The van der Waals surface area contributed by atoms with Gasteiger partial charge < -0.3 is 10.6 Å². The third-order valence-electron chi connectivity index (χ3n) is 2.85. The maximum atomic E-state index is 12.0. The molecule has 0 aliphatic heterocycles. The predicted octanol–water partition coefficient (Wildman–Crippen LogP) is 2.90. The molecular formula is C14H28N2O2S. The summed E-state index contributed by atoms with van der Waals surface area (Å²) in [5.41, 5.74) is 0. The van der Waals surface area contributed by atoms with E-state index in [4.69, 9.17) is 0 Å². The van der Waals surface area contributed by atoms with Crippen LogP contribution in [0.15, 0.2) is 23.2 Å². The van der Waals surface area contributed by atoms with Crippen LogP contribution < -0.4 is 10.6 Å². The highest BCUT2D eigenvalue weighted by Crippen LogP contribution is 2.10. The molecule has 0 atom stereocenters. The van der Waals surface area contributed by atoms with Crippen molar-refractivity contribution >= 4 is 9.84 Å². The quantitative estimate of drug-likeness (QED) is 0.542. The van der Waals surface area contributed by atoms with Crippen molar-refractivity contribution in [2.24, 2.45) is 0 Å². The standard InChI is InChI=1S/C14H28N2O2S/c1-5-7-9-11-15-13(3)19(17,18)14(4)16-12-10-8-6-2/h15-16H,3-12H2,1-2H3. The van der Waals surface area contributed by atoms with Crippen molar-refractivity contribution in [1.29, 1.82) is 0 Å². The van der Waals surface area contributed by atoms with Crippen LogP contribution in [0.25, 0.3) is 0 Å². The van der Waals surface area contributed by atoms with Gasteiger partial charge in [-0.3, -0.25) is 0 Å². The molecular weight excluding hydrogens is 260 g/mol. The predicted molar refractivity (Wildman–Crippen MR) is 82.3 cm³/mol. The minimum absolute atomic E-state index is 0.0385. The molecule has 0 unspecified atom stereocenters. The molecule has 0 bridgehead atoms. The summed E-state index contributed by atoms with van der Waals surface area (Å²) < 4.78 is 24.1. The fourth-order valence-electron chi connectivity index (χ4n) is 1.54. The van der Waals surface area contributed by atoms with Gasteiger partial charge in [-0.05, 0) is 12.8 Å². The normalized spacial score (nSPS) is 11.1. The number of nitrogens with one attached hydrogen (secondary N) is 2. The Hall–Kier alpha value is -0.970. The molecule has 0 aliphatic rings. The van der Waals surface area contributed by atoms with Crippen molar-refractivity contribution in [3.63, 3.8) is 0 Å².